The van der Waals surface area contributed by atoms with Gasteiger partial charge in [-0.3, -0.25) is 4.98 Å². The minimum Gasteiger partial charge on any atom is -0.472 e. The number of pyridine rings is 1. The predicted molar refractivity (Wildman–Crippen MR) is 91.5 cm³/mol. The summed E-state index contributed by atoms with van der Waals surface area (Å²) in [6.07, 6.45) is 8.48. The van der Waals surface area contributed by atoms with E-state index >= 15 is 0 Å². The first-order chi connectivity index (χ1) is 12.3. The number of hydrogen-bond donors (Lipinski definition) is 1. The maximum atomic E-state index is 5.37. The van der Waals surface area contributed by atoms with E-state index in [-0.39, 0.29) is 0 Å². The van der Waals surface area contributed by atoms with E-state index in [0.29, 0.717) is 18.3 Å². The van der Waals surface area contributed by atoms with Gasteiger partial charge in [-0.1, -0.05) is 5.16 Å². The van der Waals surface area contributed by atoms with Crippen molar-refractivity contribution in [3.8, 4) is 22.6 Å². The SMILES string of the molecule is Cc1cc(-c2cnc(NCc3ccncc3)nc2-c2ccoc2)on1. The van der Waals surface area contributed by atoms with Gasteiger partial charge < -0.3 is 14.3 Å². The van der Waals surface area contributed by atoms with E-state index in [2.05, 4.69) is 25.4 Å². The standard InChI is InChI=1S/C18H15N5O2/c1-12-8-16(25-23-12)15-10-21-18(20-9-13-2-5-19-6-3-13)22-17(15)14-4-7-24-11-14/h2-8,10-11H,9H2,1H3,(H,20,21,22). The Bertz CT molecular complexity index is 964. The Morgan fingerprint density at radius 1 is 1.16 bits per heavy atom. The molecule has 0 bridgehead atoms. The van der Waals surface area contributed by atoms with Gasteiger partial charge in [0.25, 0.3) is 0 Å². The third kappa shape index (κ3) is 3.25. The number of anilines is 1. The first-order valence-corrected chi connectivity index (χ1v) is 7.75. The Hall–Kier alpha value is -3.48. The first-order valence-electron chi connectivity index (χ1n) is 7.75. The van der Waals surface area contributed by atoms with Crippen molar-refractivity contribution in [2.45, 2.75) is 13.5 Å². The molecule has 4 aromatic heterocycles. The maximum absolute atomic E-state index is 5.37. The van der Waals surface area contributed by atoms with Crippen molar-refractivity contribution in [3.05, 3.63) is 66.6 Å². The molecule has 0 aromatic carbocycles. The average molecular weight is 333 g/mol. The van der Waals surface area contributed by atoms with Crippen molar-refractivity contribution >= 4 is 5.95 Å². The molecule has 0 radical (unpaired) electrons. The van der Waals surface area contributed by atoms with Crippen molar-refractivity contribution in [1.82, 2.24) is 20.1 Å². The fourth-order valence-corrected chi connectivity index (χ4v) is 2.44. The highest BCUT2D eigenvalue weighted by Crippen LogP contribution is 2.31. The second-order valence-corrected chi connectivity index (χ2v) is 5.51. The Morgan fingerprint density at radius 3 is 2.76 bits per heavy atom. The molecular formula is C18H15N5O2. The van der Waals surface area contributed by atoms with Gasteiger partial charge in [0.1, 0.15) is 0 Å². The van der Waals surface area contributed by atoms with Gasteiger partial charge in [-0.05, 0) is 30.7 Å². The molecule has 0 aliphatic carbocycles. The number of nitrogens with one attached hydrogen (secondary N) is 1. The summed E-state index contributed by atoms with van der Waals surface area (Å²) in [5.41, 5.74) is 4.22. The normalized spacial score (nSPS) is 10.8. The molecule has 0 aliphatic heterocycles. The molecule has 0 spiro atoms. The molecule has 4 aromatic rings. The van der Waals surface area contributed by atoms with Crippen LogP contribution in [0.4, 0.5) is 5.95 Å². The van der Waals surface area contributed by atoms with Crippen LogP contribution in [0.15, 0.2) is 64.3 Å². The molecule has 0 saturated carbocycles. The van der Waals surface area contributed by atoms with Crippen molar-refractivity contribution in [1.29, 1.82) is 0 Å². The molecule has 0 amide bonds. The first kappa shape index (κ1) is 15.1. The zero-order valence-corrected chi connectivity index (χ0v) is 13.5. The monoisotopic (exact) mass is 333 g/mol. The minimum absolute atomic E-state index is 0.521. The molecule has 7 nitrogen and oxygen atoms in total. The summed E-state index contributed by atoms with van der Waals surface area (Å²) in [6, 6.07) is 7.58. The lowest BCUT2D eigenvalue weighted by Crippen LogP contribution is -2.04. The van der Waals surface area contributed by atoms with Crippen LogP contribution in [0.5, 0.6) is 0 Å². The summed E-state index contributed by atoms with van der Waals surface area (Å²) in [7, 11) is 0. The molecule has 0 aliphatic rings. The molecule has 0 saturated heterocycles. The Balaban J connectivity index is 1.67. The summed E-state index contributed by atoms with van der Waals surface area (Å²) >= 11 is 0. The predicted octanol–water partition coefficient (Wildman–Crippen LogP) is 3.71. The molecule has 4 rings (SSSR count). The van der Waals surface area contributed by atoms with Gasteiger partial charge >= 0.3 is 0 Å². The van der Waals surface area contributed by atoms with Crippen molar-refractivity contribution in [2.75, 3.05) is 5.32 Å². The maximum Gasteiger partial charge on any atom is 0.223 e. The van der Waals surface area contributed by atoms with Crippen LogP contribution in [0.3, 0.4) is 0 Å². The Kier molecular flexibility index (Phi) is 3.96. The zero-order valence-electron chi connectivity index (χ0n) is 13.5. The summed E-state index contributed by atoms with van der Waals surface area (Å²) in [5, 5.41) is 7.16. The molecular weight excluding hydrogens is 318 g/mol. The third-order valence-electron chi connectivity index (χ3n) is 3.68. The third-order valence-corrected chi connectivity index (χ3v) is 3.68. The lowest BCUT2D eigenvalue weighted by atomic mass is 10.1. The second-order valence-electron chi connectivity index (χ2n) is 5.51. The number of aromatic nitrogens is 4. The van der Waals surface area contributed by atoms with Crippen LogP contribution in [-0.4, -0.2) is 20.1 Å². The van der Waals surface area contributed by atoms with E-state index in [0.717, 1.165) is 28.1 Å². The van der Waals surface area contributed by atoms with E-state index < -0.39 is 0 Å². The highest BCUT2D eigenvalue weighted by atomic mass is 16.5. The van der Waals surface area contributed by atoms with Gasteiger partial charge in [0.2, 0.25) is 5.95 Å². The summed E-state index contributed by atoms with van der Waals surface area (Å²) in [5.74, 6) is 1.14. The van der Waals surface area contributed by atoms with Crippen molar-refractivity contribution < 1.29 is 8.94 Å². The van der Waals surface area contributed by atoms with E-state index in [9.17, 15) is 0 Å². The van der Waals surface area contributed by atoms with Crippen LogP contribution < -0.4 is 5.32 Å². The zero-order chi connectivity index (χ0) is 17.1. The van der Waals surface area contributed by atoms with Crippen LogP contribution in [0, 0.1) is 6.92 Å². The van der Waals surface area contributed by atoms with Gasteiger partial charge in [0, 0.05) is 36.8 Å². The van der Waals surface area contributed by atoms with Crippen LogP contribution in [0.1, 0.15) is 11.3 Å². The van der Waals surface area contributed by atoms with Gasteiger partial charge in [-0.15, -0.1) is 0 Å². The topological polar surface area (TPSA) is 89.9 Å². The lowest BCUT2D eigenvalue weighted by Gasteiger charge is -2.08. The van der Waals surface area contributed by atoms with Crippen LogP contribution in [0.25, 0.3) is 22.6 Å². The minimum atomic E-state index is 0.521. The second kappa shape index (κ2) is 6.56. The molecule has 124 valence electrons. The molecule has 7 heteroatoms. The van der Waals surface area contributed by atoms with E-state index in [4.69, 9.17) is 8.94 Å². The van der Waals surface area contributed by atoms with Gasteiger partial charge in [-0.25, -0.2) is 9.97 Å². The highest BCUT2D eigenvalue weighted by Gasteiger charge is 2.16. The van der Waals surface area contributed by atoms with Gasteiger partial charge in [-0.2, -0.15) is 0 Å². The molecule has 4 heterocycles. The number of hydrogen-bond acceptors (Lipinski definition) is 7. The van der Waals surface area contributed by atoms with Crippen LogP contribution in [0.2, 0.25) is 0 Å². The van der Waals surface area contributed by atoms with Gasteiger partial charge in [0.15, 0.2) is 5.76 Å². The smallest absolute Gasteiger partial charge is 0.223 e. The van der Waals surface area contributed by atoms with E-state index in [1.54, 1.807) is 31.1 Å². The molecule has 0 unspecified atom stereocenters. The fourth-order valence-electron chi connectivity index (χ4n) is 2.44. The molecule has 0 fully saturated rings. The number of nitrogens with zero attached hydrogens (tertiary/aromatic N) is 4. The summed E-state index contributed by atoms with van der Waals surface area (Å²) < 4.78 is 10.6. The molecule has 0 atom stereocenters. The fraction of sp³-hybridized carbons (Fsp3) is 0.111. The Labute approximate surface area is 143 Å². The number of rotatable bonds is 5. The van der Waals surface area contributed by atoms with E-state index in [1.807, 2.05) is 31.2 Å². The van der Waals surface area contributed by atoms with Crippen LogP contribution >= 0.6 is 0 Å². The number of aryl methyl sites for hydroxylation is 1. The highest BCUT2D eigenvalue weighted by molar-refractivity contribution is 5.77. The quantitative estimate of drug-likeness (QED) is 0.595. The summed E-state index contributed by atoms with van der Waals surface area (Å²) in [4.78, 5) is 13.0. The summed E-state index contributed by atoms with van der Waals surface area (Å²) in [6.45, 7) is 2.48. The molecule has 1 N–H and O–H groups in total. The Morgan fingerprint density at radius 2 is 2.04 bits per heavy atom. The van der Waals surface area contributed by atoms with Gasteiger partial charge in [0.05, 0.1) is 29.5 Å². The lowest BCUT2D eigenvalue weighted by molar-refractivity contribution is 0.427. The number of furan rings is 1. The average Bonchev–Trinajstić information content (AvgIpc) is 3.32. The largest absolute Gasteiger partial charge is 0.472 e. The molecule has 25 heavy (non-hydrogen) atoms. The van der Waals surface area contributed by atoms with Crippen LogP contribution in [-0.2, 0) is 6.54 Å². The van der Waals surface area contributed by atoms with Crippen molar-refractivity contribution in [2.24, 2.45) is 0 Å². The van der Waals surface area contributed by atoms with Crippen molar-refractivity contribution in [3.63, 3.8) is 0 Å². The van der Waals surface area contributed by atoms with E-state index in [1.165, 1.54) is 0 Å².